The number of hydrogen-bond donors (Lipinski definition) is 1. The number of nitrogens with zero attached hydrogens (tertiary/aromatic N) is 1. The van der Waals surface area contributed by atoms with Crippen LogP contribution in [0.4, 0.5) is 0 Å². The van der Waals surface area contributed by atoms with Crippen LogP contribution in [0.15, 0.2) is 24.3 Å². The molecule has 0 bridgehead atoms. The Balaban J connectivity index is 1.84. The molecule has 0 radical (unpaired) electrons. The van der Waals surface area contributed by atoms with Crippen LogP contribution < -0.4 is 4.74 Å². The number of amides is 1. The third kappa shape index (κ3) is 2.56. The average molecular weight is 303 g/mol. The standard InChI is InChI=1S/C17H21NO4/c1-11-12(17(20)21)6-4-9-18(11)16(19)14-8-10-22-15-7-3-2-5-13(14)15/h2-3,5,7,11-12,14H,4,6,8-10H2,1H3,(H,20,21)/t11-,12-,14?/m1/s1. The zero-order valence-corrected chi connectivity index (χ0v) is 12.7. The van der Waals surface area contributed by atoms with Gasteiger partial charge in [0.15, 0.2) is 0 Å². The van der Waals surface area contributed by atoms with Gasteiger partial charge < -0.3 is 14.7 Å². The number of carbonyl (C=O) groups excluding carboxylic acids is 1. The molecule has 1 aromatic rings. The number of carboxylic acid groups (broad SMARTS) is 1. The highest BCUT2D eigenvalue weighted by Gasteiger charge is 2.39. The maximum atomic E-state index is 13.0. The molecule has 1 fully saturated rings. The van der Waals surface area contributed by atoms with Crippen molar-refractivity contribution in [3.63, 3.8) is 0 Å². The SMILES string of the molecule is C[C@@H]1[C@H](C(=O)O)CCCN1C(=O)C1CCOc2ccccc21. The molecule has 0 aliphatic carbocycles. The highest BCUT2D eigenvalue weighted by Crippen LogP contribution is 2.36. The number of para-hydroxylation sites is 1. The number of aliphatic carboxylic acids is 1. The van der Waals surface area contributed by atoms with Gasteiger partial charge in [-0.2, -0.15) is 0 Å². The first-order valence-corrected chi connectivity index (χ1v) is 7.84. The lowest BCUT2D eigenvalue weighted by Crippen LogP contribution is -2.51. The monoisotopic (exact) mass is 303 g/mol. The van der Waals surface area contributed by atoms with Crippen molar-refractivity contribution in [3.05, 3.63) is 29.8 Å². The first-order chi connectivity index (χ1) is 10.6. The van der Waals surface area contributed by atoms with Crippen LogP contribution in [-0.4, -0.2) is 41.1 Å². The van der Waals surface area contributed by atoms with Crippen LogP contribution in [-0.2, 0) is 9.59 Å². The van der Waals surface area contributed by atoms with E-state index in [1.165, 1.54) is 0 Å². The van der Waals surface area contributed by atoms with Crippen LogP contribution in [0.25, 0.3) is 0 Å². The van der Waals surface area contributed by atoms with E-state index in [1.54, 1.807) is 4.90 Å². The molecule has 5 heteroatoms. The van der Waals surface area contributed by atoms with Gasteiger partial charge in [0.25, 0.3) is 0 Å². The molecule has 5 nitrogen and oxygen atoms in total. The van der Waals surface area contributed by atoms with E-state index in [9.17, 15) is 14.7 Å². The molecule has 1 saturated heterocycles. The van der Waals surface area contributed by atoms with E-state index < -0.39 is 11.9 Å². The zero-order valence-electron chi connectivity index (χ0n) is 12.7. The zero-order chi connectivity index (χ0) is 15.7. The fourth-order valence-electron chi connectivity index (χ4n) is 3.58. The van der Waals surface area contributed by atoms with Gasteiger partial charge in [0.1, 0.15) is 5.75 Å². The number of fused-ring (bicyclic) bond motifs is 1. The number of benzene rings is 1. The topological polar surface area (TPSA) is 66.8 Å². The van der Waals surface area contributed by atoms with E-state index in [2.05, 4.69) is 0 Å². The Morgan fingerprint density at radius 3 is 2.82 bits per heavy atom. The lowest BCUT2D eigenvalue weighted by Gasteiger charge is -2.40. The van der Waals surface area contributed by atoms with E-state index >= 15 is 0 Å². The van der Waals surface area contributed by atoms with Gasteiger partial charge in [0, 0.05) is 18.2 Å². The van der Waals surface area contributed by atoms with Crippen LogP contribution in [0.5, 0.6) is 5.75 Å². The lowest BCUT2D eigenvalue weighted by molar-refractivity contribution is -0.149. The van der Waals surface area contributed by atoms with Crippen molar-refractivity contribution < 1.29 is 19.4 Å². The molecule has 1 unspecified atom stereocenters. The number of likely N-dealkylation sites (tertiary alicyclic amines) is 1. The Morgan fingerprint density at radius 2 is 2.05 bits per heavy atom. The largest absolute Gasteiger partial charge is 0.493 e. The molecule has 118 valence electrons. The average Bonchev–Trinajstić information content (AvgIpc) is 2.53. The Hall–Kier alpha value is -2.04. The minimum Gasteiger partial charge on any atom is -0.493 e. The van der Waals surface area contributed by atoms with Gasteiger partial charge in [-0.25, -0.2) is 0 Å². The summed E-state index contributed by atoms with van der Waals surface area (Å²) in [4.78, 5) is 26.1. The van der Waals surface area contributed by atoms with E-state index in [-0.39, 0.29) is 17.9 Å². The van der Waals surface area contributed by atoms with Crippen molar-refractivity contribution in [2.75, 3.05) is 13.2 Å². The highest BCUT2D eigenvalue weighted by molar-refractivity contribution is 5.86. The predicted octanol–water partition coefficient (Wildman–Crippen LogP) is 2.26. The van der Waals surface area contributed by atoms with E-state index in [0.29, 0.717) is 26.0 Å². The quantitative estimate of drug-likeness (QED) is 0.910. The molecular weight excluding hydrogens is 282 g/mol. The maximum Gasteiger partial charge on any atom is 0.308 e. The smallest absolute Gasteiger partial charge is 0.308 e. The minimum atomic E-state index is -0.808. The summed E-state index contributed by atoms with van der Waals surface area (Å²) in [7, 11) is 0. The van der Waals surface area contributed by atoms with Crippen LogP contribution in [0.1, 0.15) is 37.7 Å². The van der Waals surface area contributed by atoms with Gasteiger partial charge in [-0.15, -0.1) is 0 Å². The van der Waals surface area contributed by atoms with Gasteiger partial charge >= 0.3 is 5.97 Å². The third-order valence-corrected chi connectivity index (χ3v) is 4.84. The van der Waals surface area contributed by atoms with Gasteiger partial charge in [0.05, 0.1) is 18.4 Å². The normalized spacial score (nSPS) is 27.7. The fourth-order valence-corrected chi connectivity index (χ4v) is 3.58. The summed E-state index contributed by atoms with van der Waals surface area (Å²) in [6, 6.07) is 7.37. The van der Waals surface area contributed by atoms with Crippen molar-refractivity contribution >= 4 is 11.9 Å². The molecule has 2 aliphatic heterocycles. The molecule has 3 rings (SSSR count). The minimum absolute atomic E-state index is 0.0363. The number of piperidine rings is 1. The Morgan fingerprint density at radius 1 is 1.27 bits per heavy atom. The van der Waals surface area contributed by atoms with Gasteiger partial charge in [0.2, 0.25) is 5.91 Å². The summed E-state index contributed by atoms with van der Waals surface area (Å²) in [6.07, 6.45) is 2.04. The Bertz CT molecular complexity index is 586. The Labute approximate surface area is 129 Å². The number of carboxylic acids is 1. The molecule has 2 aliphatic rings. The van der Waals surface area contributed by atoms with Gasteiger partial charge in [-0.05, 0) is 32.3 Å². The Kier molecular flexibility index (Phi) is 4.05. The summed E-state index contributed by atoms with van der Waals surface area (Å²) in [6.45, 7) is 3.02. The van der Waals surface area contributed by atoms with Crippen molar-refractivity contribution in [2.45, 2.75) is 38.1 Å². The van der Waals surface area contributed by atoms with E-state index in [1.807, 2.05) is 31.2 Å². The summed E-state index contributed by atoms with van der Waals surface area (Å²) < 4.78 is 5.61. The van der Waals surface area contributed by atoms with Gasteiger partial charge in [-0.3, -0.25) is 9.59 Å². The molecular formula is C17H21NO4. The van der Waals surface area contributed by atoms with E-state index in [0.717, 1.165) is 17.7 Å². The second-order valence-corrected chi connectivity index (χ2v) is 6.09. The van der Waals surface area contributed by atoms with Crippen molar-refractivity contribution in [3.8, 4) is 5.75 Å². The molecule has 0 spiro atoms. The highest BCUT2D eigenvalue weighted by atomic mass is 16.5. The second-order valence-electron chi connectivity index (χ2n) is 6.09. The molecule has 22 heavy (non-hydrogen) atoms. The molecule has 3 atom stereocenters. The molecule has 0 saturated carbocycles. The van der Waals surface area contributed by atoms with Crippen molar-refractivity contribution in [2.24, 2.45) is 5.92 Å². The van der Waals surface area contributed by atoms with Crippen LogP contribution in [0.3, 0.4) is 0 Å². The number of hydrogen-bond acceptors (Lipinski definition) is 3. The predicted molar refractivity (Wildman–Crippen MR) is 80.8 cm³/mol. The third-order valence-electron chi connectivity index (χ3n) is 4.84. The maximum absolute atomic E-state index is 13.0. The molecule has 0 aromatic heterocycles. The summed E-state index contributed by atoms with van der Waals surface area (Å²) in [5, 5.41) is 9.32. The molecule has 2 heterocycles. The molecule has 1 N–H and O–H groups in total. The summed E-state index contributed by atoms with van der Waals surface area (Å²) >= 11 is 0. The van der Waals surface area contributed by atoms with Crippen LogP contribution in [0.2, 0.25) is 0 Å². The van der Waals surface area contributed by atoms with Crippen molar-refractivity contribution in [1.29, 1.82) is 0 Å². The number of ether oxygens (including phenoxy) is 1. The number of rotatable bonds is 2. The molecule has 1 aromatic carbocycles. The molecule has 1 amide bonds. The summed E-state index contributed by atoms with van der Waals surface area (Å²) in [5.41, 5.74) is 0.920. The first kappa shape index (κ1) is 14.9. The fraction of sp³-hybridized carbons (Fsp3) is 0.529. The van der Waals surface area contributed by atoms with E-state index in [4.69, 9.17) is 4.74 Å². The first-order valence-electron chi connectivity index (χ1n) is 7.84. The van der Waals surface area contributed by atoms with Crippen LogP contribution in [0, 0.1) is 5.92 Å². The van der Waals surface area contributed by atoms with Crippen molar-refractivity contribution in [1.82, 2.24) is 4.90 Å². The lowest BCUT2D eigenvalue weighted by atomic mass is 9.86. The second kappa shape index (κ2) is 5.99. The van der Waals surface area contributed by atoms with Gasteiger partial charge in [-0.1, -0.05) is 18.2 Å². The van der Waals surface area contributed by atoms with Crippen LogP contribution >= 0.6 is 0 Å². The number of carbonyl (C=O) groups is 2. The summed E-state index contributed by atoms with van der Waals surface area (Å²) in [5.74, 6) is -0.689.